The number of nitrogens with two attached hydrogens (primary N) is 1. The molecule has 3 aromatic rings. The summed E-state index contributed by atoms with van der Waals surface area (Å²) in [5.74, 6) is -3.81. The quantitative estimate of drug-likeness (QED) is 0.622. The van der Waals surface area contributed by atoms with E-state index < -0.39 is 34.3 Å². The minimum Gasteiger partial charge on any atom is -0.491 e. The largest absolute Gasteiger partial charge is 0.491 e. The molecular formula is C22H20F2N2O4. The number of hydrogen-bond acceptors (Lipinski definition) is 5. The van der Waals surface area contributed by atoms with Gasteiger partial charge in [-0.1, -0.05) is 30.3 Å². The summed E-state index contributed by atoms with van der Waals surface area (Å²) in [4.78, 5) is 29.2. The molecule has 1 saturated carbocycles. The molecule has 6 nitrogen and oxygen atoms in total. The Bertz CT molecular complexity index is 1220. The Kier molecular flexibility index (Phi) is 4.82. The van der Waals surface area contributed by atoms with E-state index in [0.717, 1.165) is 0 Å². The molecule has 0 amide bonds. The van der Waals surface area contributed by atoms with Crippen LogP contribution in [0.1, 0.15) is 35.7 Å². The van der Waals surface area contributed by atoms with Crippen molar-refractivity contribution in [3.63, 3.8) is 0 Å². The number of halogens is 2. The van der Waals surface area contributed by atoms with Crippen LogP contribution in [0, 0.1) is 11.6 Å². The molecule has 0 saturated heterocycles. The summed E-state index contributed by atoms with van der Waals surface area (Å²) in [6.45, 7) is 1.65. The zero-order chi connectivity index (χ0) is 21.6. The van der Waals surface area contributed by atoms with E-state index in [0.29, 0.717) is 18.4 Å². The number of methoxy groups -OCH3 is 1. The molecule has 0 unspecified atom stereocenters. The van der Waals surface area contributed by atoms with Gasteiger partial charge in [0.2, 0.25) is 11.2 Å². The number of H-pyrrole nitrogens is 1. The number of hydrogen-bond donors (Lipinski definition) is 2. The second-order valence-electron chi connectivity index (χ2n) is 7.23. The van der Waals surface area contributed by atoms with Crippen molar-refractivity contribution in [3.05, 3.63) is 63.3 Å². The summed E-state index contributed by atoms with van der Waals surface area (Å²) in [7, 11) is 1.17. The first-order valence-corrected chi connectivity index (χ1v) is 9.50. The van der Waals surface area contributed by atoms with E-state index in [1.807, 2.05) is 0 Å². The molecule has 156 valence electrons. The summed E-state index contributed by atoms with van der Waals surface area (Å²) in [6, 6.07) is 8.57. The van der Waals surface area contributed by atoms with Gasteiger partial charge in [0, 0.05) is 11.1 Å². The lowest BCUT2D eigenvalue weighted by Crippen LogP contribution is -2.28. The molecule has 1 aliphatic rings. The van der Waals surface area contributed by atoms with Gasteiger partial charge < -0.3 is 20.2 Å². The van der Waals surface area contributed by atoms with Crippen LogP contribution < -0.4 is 15.9 Å². The third kappa shape index (κ3) is 2.95. The van der Waals surface area contributed by atoms with E-state index in [1.54, 1.807) is 37.3 Å². The monoisotopic (exact) mass is 414 g/mol. The molecule has 3 N–H and O–H groups in total. The van der Waals surface area contributed by atoms with Gasteiger partial charge in [0.25, 0.3) is 0 Å². The Morgan fingerprint density at radius 2 is 1.87 bits per heavy atom. The van der Waals surface area contributed by atoms with Crippen molar-refractivity contribution in [1.29, 1.82) is 0 Å². The first kappa shape index (κ1) is 20.0. The molecule has 0 spiro atoms. The molecule has 1 aliphatic carbocycles. The maximum atomic E-state index is 15.0. The number of aromatic nitrogens is 1. The van der Waals surface area contributed by atoms with Crippen molar-refractivity contribution in [3.8, 4) is 17.0 Å². The van der Waals surface area contributed by atoms with Gasteiger partial charge >= 0.3 is 5.97 Å². The van der Waals surface area contributed by atoms with Gasteiger partial charge in [-0.2, -0.15) is 4.39 Å². The predicted octanol–water partition coefficient (Wildman–Crippen LogP) is 3.61. The molecule has 0 aliphatic heterocycles. The third-order valence-corrected chi connectivity index (χ3v) is 5.33. The van der Waals surface area contributed by atoms with Crippen LogP contribution >= 0.6 is 0 Å². The van der Waals surface area contributed by atoms with E-state index in [1.165, 1.54) is 7.11 Å². The normalized spacial score (nSPS) is 14.6. The van der Waals surface area contributed by atoms with Crippen LogP contribution in [0.5, 0.6) is 5.75 Å². The summed E-state index contributed by atoms with van der Waals surface area (Å²) in [6.07, 6.45) is 0.777. The van der Waals surface area contributed by atoms with Crippen molar-refractivity contribution in [2.75, 3.05) is 13.7 Å². The minimum atomic E-state index is -1.24. The average Bonchev–Trinajstić information content (AvgIpc) is 3.48. The van der Waals surface area contributed by atoms with Crippen LogP contribution in [-0.4, -0.2) is 24.7 Å². The number of fused-ring (bicyclic) bond motifs is 1. The van der Waals surface area contributed by atoms with Crippen molar-refractivity contribution in [2.24, 2.45) is 5.73 Å². The standard InChI is InChI=1S/C22H20F2N2O4/c1-3-30-21(28)13-17(11-7-5-4-6-8-11)26-18-12(19(13)27)14(22(25)9-10-22)15(23)16(24)20(18)29-2/h4-8H,3,9-10,25H2,1-2H3,(H,26,27). The van der Waals surface area contributed by atoms with Crippen molar-refractivity contribution >= 4 is 16.9 Å². The Labute approximate surface area is 170 Å². The summed E-state index contributed by atoms with van der Waals surface area (Å²) < 4.78 is 40.0. The second-order valence-corrected chi connectivity index (χ2v) is 7.23. The number of carbonyl (C=O) groups excluding carboxylic acids is 1. The highest BCUT2D eigenvalue weighted by molar-refractivity contribution is 6.02. The molecule has 8 heteroatoms. The van der Waals surface area contributed by atoms with Gasteiger partial charge in [-0.15, -0.1) is 0 Å². The average molecular weight is 414 g/mol. The van der Waals surface area contributed by atoms with Gasteiger partial charge in [-0.05, 0) is 25.3 Å². The van der Waals surface area contributed by atoms with Crippen molar-refractivity contribution in [2.45, 2.75) is 25.3 Å². The summed E-state index contributed by atoms with van der Waals surface area (Å²) in [5, 5.41) is -0.200. The number of esters is 1. The molecule has 4 rings (SSSR count). The van der Waals surface area contributed by atoms with E-state index in [2.05, 4.69) is 4.98 Å². The topological polar surface area (TPSA) is 94.4 Å². The maximum absolute atomic E-state index is 15.0. The van der Waals surface area contributed by atoms with E-state index >= 15 is 0 Å². The maximum Gasteiger partial charge on any atom is 0.344 e. The smallest absolute Gasteiger partial charge is 0.344 e. The number of ether oxygens (including phenoxy) is 2. The highest BCUT2D eigenvalue weighted by atomic mass is 19.2. The van der Waals surface area contributed by atoms with Crippen LogP contribution in [0.4, 0.5) is 8.78 Å². The number of nitrogens with one attached hydrogen (secondary N) is 1. The third-order valence-electron chi connectivity index (χ3n) is 5.33. The predicted molar refractivity (Wildman–Crippen MR) is 108 cm³/mol. The molecule has 30 heavy (non-hydrogen) atoms. The van der Waals surface area contributed by atoms with Crippen molar-refractivity contribution < 1.29 is 23.0 Å². The van der Waals surface area contributed by atoms with Crippen molar-refractivity contribution in [1.82, 2.24) is 4.98 Å². The zero-order valence-corrected chi connectivity index (χ0v) is 16.5. The zero-order valence-electron chi connectivity index (χ0n) is 16.5. The van der Waals surface area contributed by atoms with Crippen LogP contribution in [0.15, 0.2) is 35.1 Å². The molecule has 2 aromatic carbocycles. The molecule has 1 heterocycles. The lowest BCUT2D eigenvalue weighted by atomic mass is 9.94. The van der Waals surface area contributed by atoms with Gasteiger partial charge in [0.1, 0.15) is 5.56 Å². The first-order chi connectivity index (χ1) is 14.3. The Balaban J connectivity index is 2.21. The molecule has 1 aromatic heterocycles. The summed E-state index contributed by atoms with van der Waals surface area (Å²) >= 11 is 0. The minimum absolute atomic E-state index is 0.0410. The van der Waals surface area contributed by atoms with Gasteiger partial charge in [0.15, 0.2) is 11.6 Å². The van der Waals surface area contributed by atoms with E-state index in [4.69, 9.17) is 15.2 Å². The van der Waals surface area contributed by atoms with Gasteiger partial charge in [0.05, 0.1) is 30.3 Å². The highest BCUT2D eigenvalue weighted by Crippen LogP contribution is 2.48. The van der Waals surface area contributed by atoms with E-state index in [-0.39, 0.29) is 34.3 Å². The first-order valence-electron chi connectivity index (χ1n) is 9.50. The van der Waals surface area contributed by atoms with Crippen LogP contribution in [0.3, 0.4) is 0 Å². The number of carbonyl (C=O) groups is 1. The van der Waals surface area contributed by atoms with Crippen LogP contribution in [0.25, 0.3) is 22.2 Å². The van der Waals surface area contributed by atoms with Crippen LogP contribution in [-0.2, 0) is 10.3 Å². The lowest BCUT2D eigenvalue weighted by molar-refractivity contribution is 0.0525. The van der Waals surface area contributed by atoms with Gasteiger partial charge in [-0.25, -0.2) is 9.18 Å². The fraction of sp³-hybridized carbons (Fsp3) is 0.273. The Morgan fingerprint density at radius 3 is 2.43 bits per heavy atom. The molecule has 0 atom stereocenters. The fourth-order valence-electron chi connectivity index (χ4n) is 3.70. The number of benzene rings is 2. The highest BCUT2D eigenvalue weighted by Gasteiger charge is 2.46. The second kappa shape index (κ2) is 7.21. The van der Waals surface area contributed by atoms with Gasteiger partial charge in [-0.3, -0.25) is 4.79 Å². The summed E-state index contributed by atoms with van der Waals surface area (Å²) in [5.41, 5.74) is 4.25. The molecule has 0 radical (unpaired) electrons. The molecular weight excluding hydrogens is 394 g/mol. The van der Waals surface area contributed by atoms with Crippen LogP contribution in [0.2, 0.25) is 0 Å². The molecule has 1 fully saturated rings. The number of rotatable bonds is 5. The number of aromatic amines is 1. The fourth-order valence-corrected chi connectivity index (χ4v) is 3.70. The Hall–Kier alpha value is -3.26. The molecule has 0 bridgehead atoms. The lowest BCUT2D eigenvalue weighted by Gasteiger charge is -2.19. The van der Waals surface area contributed by atoms with E-state index in [9.17, 15) is 18.4 Å². The number of pyridine rings is 1. The Morgan fingerprint density at radius 1 is 1.20 bits per heavy atom. The SMILES string of the molecule is CCOC(=O)c1c(-c2ccccc2)[nH]c2c(OC)c(F)c(F)c(C3(N)CC3)c2c1=O.